The van der Waals surface area contributed by atoms with E-state index in [9.17, 15) is 9.59 Å². The van der Waals surface area contributed by atoms with Crippen LogP contribution in [0.25, 0.3) is 22.5 Å². The molecule has 1 amide bonds. The van der Waals surface area contributed by atoms with Crippen molar-refractivity contribution in [1.29, 1.82) is 0 Å². The first-order valence-electron chi connectivity index (χ1n) is 13.1. The highest BCUT2D eigenvalue weighted by Crippen LogP contribution is 2.33. The first kappa shape index (κ1) is 27.4. The van der Waals surface area contributed by atoms with Crippen molar-refractivity contribution >= 4 is 45.4 Å². The molecule has 0 aromatic carbocycles. The maximum absolute atomic E-state index is 12.8. The molecule has 0 radical (unpaired) electrons. The SMILES string of the molecule is CCOC(=O)c1sc(Nc2nc(C3=CCCN(C(=O)OC(C)(C)C)C3)cn3c(-c4cnn(C)c4)cnc23)cc1C. The number of fused-ring (bicyclic) bond motifs is 1. The minimum Gasteiger partial charge on any atom is -0.462 e. The molecule has 4 aromatic heterocycles. The van der Waals surface area contributed by atoms with E-state index in [1.807, 2.05) is 57.6 Å². The van der Waals surface area contributed by atoms with Crippen LogP contribution in [0.5, 0.6) is 0 Å². The summed E-state index contributed by atoms with van der Waals surface area (Å²) in [5, 5.41) is 8.44. The third-order valence-electron chi connectivity index (χ3n) is 6.24. The van der Waals surface area contributed by atoms with Crippen LogP contribution in [0.15, 0.2) is 36.9 Å². The van der Waals surface area contributed by atoms with Crippen LogP contribution in [0.4, 0.5) is 15.6 Å². The average molecular weight is 564 g/mol. The number of carbonyl (C=O) groups is 2. The van der Waals surface area contributed by atoms with Gasteiger partial charge in [-0.25, -0.2) is 19.6 Å². The summed E-state index contributed by atoms with van der Waals surface area (Å²) >= 11 is 1.31. The Kier molecular flexibility index (Phi) is 7.37. The van der Waals surface area contributed by atoms with Gasteiger partial charge in [-0.15, -0.1) is 11.3 Å². The molecule has 12 heteroatoms. The molecule has 4 aromatic rings. The molecule has 5 rings (SSSR count). The van der Waals surface area contributed by atoms with Crippen LogP contribution in [-0.2, 0) is 16.5 Å². The van der Waals surface area contributed by atoms with Crippen LogP contribution in [0.3, 0.4) is 0 Å². The summed E-state index contributed by atoms with van der Waals surface area (Å²) in [6.07, 6.45) is 9.87. The van der Waals surface area contributed by atoms with E-state index in [0.29, 0.717) is 48.2 Å². The third kappa shape index (κ3) is 5.71. The number of hydrogen-bond acceptors (Lipinski definition) is 9. The fourth-order valence-corrected chi connectivity index (χ4v) is 5.43. The molecule has 11 nitrogen and oxygen atoms in total. The molecule has 0 fully saturated rings. The van der Waals surface area contributed by atoms with Crippen LogP contribution in [0.2, 0.25) is 0 Å². The Morgan fingerprint density at radius 2 is 2.00 bits per heavy atom. The molecule has 0 saturated carbocycles. The summed E-state index contributed by atoms with van der Waals surface area (Å²) in [6.45, 7) is 10.5. The van der Waals surface area contributed by atoms with E-state index < -0.39 is 5.60 Å². The second-order valence-electron chi connectivity index (χ2n) is 10.6. The lowest BCUT2D eigenvalue weighted by atomic mass is 10.1. The van der Waals surface area contributed by atoms with Gasteiger partial charge in [0.15, 0.2) is 11.5 Å². The van der Waals surface area contributed by atoms with Gasteiger partial charge in [0, 0.05) is 31.5 Å². The number of aryl methyl sites for hydroxylation is 2. The summed E-state index contributed by atoms with van der Waals surface area (Å²) in [5.74, 6) is 0.179. The predicted molar refractivity (Wildman–Crippen MR) is 154 cm³/mol. The summed E-state index contributed by atoms with van der Waals surface area (Å²) in [6, 6.07) is 1.90. The summed E-state index contributed by atoms with van der Waals surface area (Å²) in [5.41, 5.74) is 4.22. The number of esters is 1. The van der Waals surface area contributed by atoms with Crippen molar-refractivity contribution in [3.05, 3.63) is 53.1 Å². The van der Waals surface area contributed by atoms with Crippen LogP contribution in [-0.4, -0.2) is 66.4 Å². The largest absolute Gasteiger partial charge is 0.462 e. The third-order valence-corrected chi connectivity index (χ3v) is 7.38. The summed E-state index contributed by atoms with van der Waals surface area (Å²) in [7, 11) is 1.87. The van der Waals surface area contributed by atoms with E-state index in [0.717, 1.165) is 27.4 Å². The molecule has 40 heavy (non-hydrogen) atoms. The van der Waals surface area contributed by atoms with Crippen molar-refractivity contribution in [2.45, 2.75) is 46.6 Å². The van der Waals surface area contributed by atoms with Gasteiger partial charge in [-0.1, -0.05) is 6.08 Å². The molecule has 5 heterocycles. The summed E-state index contributed by atoms with van der Waals surface area (Å²) < 4.78 is 14.5. The predicted octanol–water partition coefficient (Wildman–Crippen LogP) is 5.44. The van der Waals surface area contributed by atoms with Gasteiger partial charge in [-0.2, -0.15) is 5.10 Å². The number of hydrogen-bond donors (Lipinski definition) is 1. The molecular formula is C28H33N7O4S. The number of thiophene rings is 1. The Morgan fingerprint density at radius 3 is 2.70 bits per heavy atom. The average Bonchev–Trinajstić information content (AvgIpc) is 3.61. The van der Waals surface area contributed by atoms with Crippen LogP contribution >= 0.6 is 11.3 Å². The van der Waals surface area contributed by atoms with Crippen LogP contribution < -0.4 is 5.32 Å². The number of carbonyl (C=O) groups excluding carboxylic acids is 2. The molecule has 0 unspecified atom stereocenters. The molecule has 0 saturated heterocycles. The zero-order valence-electron chi connectivity index (χ0n) is 23.5. The maximum atomic E-state index is 12.8. The van der Waals surface area contributed by atoms with E-state index in [1.165, 1.54) is 11.3 Å². The van der Waals surface area contributed by atoms with Gasteiger partial charge >= 0.3 is 12.1 Å². The van der Waals surface area contributed by atoms with E-state index in [1.54, 1.807) is 28.9 Å². The molecule has 0 aliphatic carbocycles. The van der Waals surface area contributed by atoms with Crippen molar-refractivity contribution in [2.75, 3.05) is 25.0 Å². The van der Waals surface area contributed by atoms with Gasteiger partial charge < -0.3 is 19.7 Å². The number of anilines is 2. The second kappa shape index (κ2) is 10.8. The lowest BCUT2D eigenvalue weighted by Gasteiger charge is -2.30. The smallest absolute Gasteiger partial charge is 0.410 e. The van der Waals surface area contributed by atoms with Crippen molar-refractivity contribution in [2.24, 2.45) is 7.05 Å². The number of amides is 1. The molecule has 210 valence electrons. The fourth-order valence-electron chi connectivity index (χ4n) is 4.47. The molecule has 0 atom stereocenters. The summed E-state index contributed by atoms with van der Waals surface area (Å²) in [4.78, 5) is 37.1. The quantitative estimate of drug-likeness (QED) is 0.308. The number of rotatable bonds is 6. The van der Waals surface area contributed by atoms with E-state index in [4.69, 9.17) is 14.5 Å². The number of nitrogens with zero attached hydrogens (tertiary/aromatic N) is 6. The number of aromatic nitrogens is 5. The number of nitrogens with one attached hydrogen (secondary N) is 1. The second-order valence-corrected chi connectivity index (χ2v) is 11.7. The zero-order valence-corrected chi connectivity index (χ0v) is 24.3. The van der Waals surface area contributed by atoms with E-state index >= 15 is 0 Å². The van der Waals surface area contributed by atoms with Crippen molar-refractivity contribution in [3.63, 3.8) is 0 Å². The molecule has 0 bridgehead atoms. The lowest BCUT2D eigenvalue weighted by molar-refractivity contribution is 0.0272. The van der Waals surface area contributed by atoms with Gasteiger partial charge in [0.05, 0.1) is 41.9 Å². The van der Waals surface area contributed by atoms with Crippen molar-refractivity contribution in [1.82, 2.24) is 29.0 Å². The minimum atomic E-state index is -0.580. The van der Waals surface area contributed by atoms with Gasteiger partial charge in [-0.3, -0.25) is 9.08 Å². The highest BCUT2D eigenvalue weighted by atomic mass is 32.1. The van der Waals surface area contributed by atoms with Crippen molar-refractivity contribution < 1.29 is 19.1 Å². The highest BCUT2D eigenvalue weighted by molar-refractivity contribution is 7.18. The van der Waals surface area contributed by atoms with Gasteiger partial charge in [-0.05, 0) is 58.2 Å². The molecule has 0 spiro atoms. The Labute approximate surface area is 236 Å². The Bertz CT molecular complexity index is 1610. The molecule has 1 N–H and O–H groups in total. The highest BCUT2D eigenvalue weighted by Gasteiger charge is 2.26. The Balaban J connectivity index is 1.55. The normalized spacial score (nSPS) is 13.8. The van der Waals surface area contributed by atoms with E-state index in [2.05, 4.69) is 21.5 Å². The van der Waals surface area contributed by atoms with Crippen LogP contribution in [0, 0.1) is 6.92 Å². The van der Waals surface area contributed by atoms with Crippen molar-refractivity contribution in [3.8, 4) is 11.3 Å². The Hall–Kier alpha value is -4.19. The Morgan fingerprint density at radius 1 is 1.20 bits per heavy atom. The van der Waals surface area contributed by atoms with E-state index in [-0.39, 0.29) is 12.1 Å². The molecule has 1 aliphatic heterocycles. The first-order valence-corrected chi connectivity index (χ1v) is 13.9. The standard InChI is InChI=1S/C28H33N7O4S/c1-7-38-26(36)23-17(2)11-22(40-23)32-24-25-29-13-21(19-12-30-33(6)14-19)35(25)16-20(31-24)18-9-8-10-34(15-18)27(37)39-28(3,4)5/h9,11-14,16H,7-8,10,15H2,1-6H3,(H,31,32). The van der Waals surface area contributed by atoms with Gasteiger partial charge in [0.25, 0.3) is 0 Å². The van der Waals surface area contributed by atoms with Gasteiger partial charge in [0.1, 0.15) is 10.5 Å². The topological polar surface area (TPSA) is 116 Å². The number of imidazole rings is 1. The number of ether oxygens (including phenoxy) is 2. The fraction of sp³-hybridized carbons (Fsp3) is 0.393. The molecular weight excluding hydrogens is 530 g/mol. The molecule has 1 aliphatic rings. The maximum Gasteiger partial charge on any atom is 0.410 e. The van der Waals surface area contributed by atoms with Gasteiger partial charge in [0.2, 0.25) is 0 Å². The monoisotopic (exact) mass is 563 g/mol. The first-order chi connectivity index (χ1) is 19.0. The zero-order chi connectivity index (χ0) is 28.6. The minimum absolute atomic E-state index is 0.309. The lowest BCUT2D eigenvalue weighted by Crippen LogP contribution is -2.39. The van der Waals surface area contributed by atoms with Crippen LogP contribution in [0.1, 0.15) is 55.0 Å².